The number of anilines is 1. The molecule has 2 N–H and O–H groups in total. The zero-order valence-corrected chi connectivity index (χ0v) is 10.9. The maximum atomic E-state index is 5.69. The Bertz CT molecular complexity index is 580. The van der Waals surface area contributed by atoms with Gasteiger partial charge in [0.15, 0.2) is 16.6 Å². The molecule has 3 rings (SSSR count). The molecular weight excluding hydrogens is 248 g/mol. The largest absolute Gasteiger partial charge is 0.454 e. The van der Waals surface area contributed by atoms with Crippen LogP contribution in [0.2, 0.25) is 0 Å². The molecule has 0 saturated carbocycles. The summed E-state index contributed by atoms with van der Waals surface area (Å²) in [6, 6.07) is 6.08. The fourth-order valence-corrected chi connectivity index (χ4v) is 2.87. The molecule has 1 aliphatic heterocycles. The van der Waals surface area contributed by atoms with Gasteiger partial charge in [-0.25, -0.2) is 4.98 Å². The number of aromatic nitrogens is 1. The predicted octanol–water partition coefficient (Wildman–Crippen LogP) is 2.55. The van der Waals surface area contributed by atoms with Gasteiger partial charge in [0.25, 0.3) is 0 Å². The topological polar surface area (TPSA) is 57.4 Å². The Morgan fingerprint density at radius 3 is 2.89 bits per heavy atom. The highest BCUT2D eigenvalue weighted by atomic mass is 32.1. The summed E-state index contributed by atoms with van der Waals surface area (Å²) in [5.74, 6) is 1.67. The van der Waals surface area contributed by atoms with Crippen LogP contribution in [0.25, 0.3) is 0 Å². The van der Waals surface area contributed by atoms with E-state index in [0.29, 0.717) is 11.9 Å². The van der Waals surface area contributed by atoms with Crippen molar-refractivity contribution in [2.75, 3.05) is 12.5 Å². The van der Waals surface area contributed by atoms with Crippen LogP contribution in [0.5, 0.6) is 11.5 Å². The molecule has 0 fully saturated rings. The van der Waals surface area contributed by atoms with Gasteiger partial charge < -0.3 is 15.2 Å². The molecule has 2 aromatic rings. The zero-order chi connectivity index (χ0) is 12.5. The van der Waals surface area contributed by atoms with Gasteiger partial charge in [-0.05, 0) is 37.5 Å². The van der Waals surface area contributed by atoms with Crippen molar-refractivity contribution in [2.24, 2.45) is 0 Å². The van der Waals surface area contributed by atoms with E-state index >= 15 is 0 Å². The van der Waals surface area contributed by atoms with Gasteiger partial charge in [-0.3, -0.25) is 0 Å². The number of nitrogen functional groups attached to an aromatic ring is 1. The molecule has 0 saturated heterocycles. The smallest absolute Gasteiger partial charge is 0.231 e. The quantitative estimate of drug-likeness (QED) is 0.923. The SMILES string of the molecule is Cc1nc(N)sc1CCc1ccc2c(c1)OCO2. The van der Waals surface area contributed by atoms with Crippen molar-refractivity contribution in [1.29, 1.82) is 0 Å². The van der Waals surface area contributed by atoms with E-state index in [9.17, 15) is 0 Å². The number of thiazole rings is 1. The summed E-state index contributed by atoms with van der Waals surface area (Å²) in [6.45, 7) is 2.32. The molecule has 1 aromatic heterocycles. The van der Waals surface area contributed by atoms with Crippen LogP contribution < -0.4 is 15.2 Å². The van der Waals surface area contributed by atoms with Crippen molar-refractivity contribution in [3.8, 4) is 11.5 Å². The number of fused-ring (bicyclic) bond motifs is 1. The van der Waals surface area contributed by atoms with Gasteiger partial charge in [0, 0.05) is 4.88 Å². The van der Waals surface area contributed by atoms with Crippen LogP contribution in [-0.2, 0) is 12.8 Å². The summed E-state index contributed by atoms with van der Waals surface area (Å²) in [5.41, 5.74) is 7.97. The predicted molar refractivity (Wildman–Crippen MR) is 71.2 cm³/mol. The van der Waals surface area contributed by atoms with Crippen LogP contribution in [-0.4, -0.2) is 11.8 Å². The molecule has 94 valence electrons. The molecule has 1 aliphatic rings. The second-order valence-corrected chi connectivity index (χ2v) is 5.36. The van der Waals surface area contributed by atoms with E-state index in [1.165, 1.54) is 10.4 Å². The Kier molecular flexibility index (Phi) is 2.83. The second-order valence-electron chi connectivity index (χ2n) is 4.25. The first kappa shape index (κ1) is 11.3. The zero-order valence-electron chi connectivity index (χ0n) is 10.1. The number of nitrogens with two attached hydrogens (primary N) is 1. The average Bonchev–Trinajstić information content (AvgIpc) is 2.92. The normalized spacial score (nSPS) is 12.9. The minimum atomic E-state index is 0.323. The van der Waals surface area contributed by atoms with Crippen LogP contribution >= 0.6 is 11.3 Å². The first-order valence-electron chi connectivity index (χ1n) is 5.82. The summed E-state index contributed by atoms with van der Waals surface area (Å²) in [6.07, 6.45) is 1.92. The van der Waals surface area contributed by atoms with Gasteiger partial charge in [-0.1, -0.05) is 6.07 Å². The summed E-state index contributed by atoms with van der Waals surface area (Å²) in [7, 11) is 0. The molecule has 0 radical (unpaired) electrons. The Balaban J connectivity index is 1.72. The lowest BCUT2D eigenvalue weighted by Crippen LogP contribution is -1.93. The fourth-order valence-electron chi connectivity index (χ4n) is 2.04. The first-order chi connectivity index (χ1) is 8.72. The average molecular weight is 262 g/mol. The second kappa shape index (κ2) is 4.49. The molecule has 18 heavy (non-hydrogen) atoms. The number of ether oxygens (including phenoxy) is 2. The monoisotopic (exact) mass is 262 g/mol. The van der Waals surface area contributed by atoms with Gasteiger partial charge in [0.1, 0.15) is 0 Å². The van der Waals surface area contributed by atoms with Gasteiger partial charge >= 0.3 is 0 Å². The Hall–Kier alpha value is -1.75. The van der Waals surface area contributed by atoms with E-state index in [2.05, 4.69) is 11.1 Å². The van der Waals surface area contributed by atoms with Crippen LogP contribution in [0, 0.1) is 6.92 Å². The van der Waals surface area contributed by atoms with Crippen molar-refractivity contribution in [3.05, 3.63) is 34.3 Å². The number of nitrogens with zero attached hydrogens (tertiary/aromatic N) is 1. The lowest BCUT2D eigenvalue weighted by atomic mass is 10.1. The number of hydrogen-bond acceptors (Lipinski definition) is 5. The van der Waals surface area contributed by atoms with E-state index in [1.54, 1.807) is 11.3 Å². The number of hydrogen-bond donors (Lipinski definition) is 1. The van der Waals surface area contributed by atoms with E-state index in [0.717, 1.165) is 30.0 Å². The molecule has 0 bridgehead atoms. The van der Waals surface area contributed by atoms with Crippen LogP contribution in [0.15, 0.2) is 18.2 Å². The maximum absolute atomic E-state index is 5.69. The highest BCUT2D eigenvalue weighted by Gasteiger charge is 2.13. The van der Waals surface area contributed by atoms with E-state index in [-0.39, 0.29) is 0 Å². The van der Waals surface area contributed by atoms with Gasteiger partial charge in [-0.15, -0.1) is 11.3 Å². The van der Waals surface area contributed by atoms with Gasteiger partial charge in [0.2, 0.25) is 6.79 Å². The minimum absolute atomic E-state index is 0.323. The molecule has 0 unspecified atom stereocenters. The highest BCUT2D eigenvalue weighted by molar-refractivity contribution is 7.15. The van der Waals surface area contributed by atoms with Crippen molar-refractivity contribution in [3.63, 3.8) is 0 Å². The van der Waals surface area contributed by atoms with Crippen LogP contribution in [0.4, 0.5) is 5.13 Å². The molecule has 5 heteroatoms. The molecule has 1 aromatic carbocycles. The van der Waals surface area contributed by atoms with Gasteiger partial charge in [-0.2, -0.15) is 0 Å². The van der Waals surface area contributed by atoms with E-state index in [1.807, 2.05) is 19.1 Å². The molecular formula is C13H14N2O2S. The third-order valence-corrected chi connectivity index (χ3v) is 4.03. The molecule has 0 atom stereocenters. The Morgan fingerprint density at radius 1 is 1.28 bits per heavy atom. The Morgan fingerprint density at radius 2 is 2.11 bits per heavy atom. The van der Waals surface area contributed by atoms with E-state index in [4.69, 9.17) is 15.2 Å². The van der Waals surface area contributed by atoms with E-state index < -0.39 is 0 Å². The maximum Gasteiger partial charge on any atom is 0.231 e. The van der Waals surface area contributed by atoms with Crippen molar-refractivity contribution in [1.82, 2.24) is 4.98 Å². The van der Waals surface area contributed by atoms with Crippen molar-refractivity contribution < 1.29 is 9.47 Å². The Labute approximate surface area is 109 Å². The number of benzene rings is 1. The van der Waals surface area contributed by atoms with Crippen molar-refractivity contribution >= 4 is 16.5 Å². The van der Waals surface area contributed by atoms with Crippen LogP contribution in [0.3, 0.4) is 0 Å². The lowest BCUT2D eigenvalue weighted by Gasteiger charge is -2.02. The van der Waals surface area contributed by atoms with Crippen LogP contribution in [0.1, 0.15) is 16.1 Å². The first-order valence-corrected chi connectivity index (χ1v) is 6.64. The van der Waals surface area contributed by atoms with Gasteiger partial charge in [0.05, 0.1) is 5.69 Å². The lowest BCUT2D eigenvalue weighted by molar-refractivity contribution is 0.174. The summed E-state index contributed by atoms with van der Waals surface area (Å²) in [5, 5.41) is 0.646. The standard InChI is InChI=1S/C13H14N2O2S/c1-8-12(18-13(14)15-8)5-3-9-2-4-10-11(6-9)17-7-16-10/h2,4,6H,3,5,7H2,1H3,(H2,14,15). The molecule has 0 spiro atoms. The molecule has 0 amide bonds. The highest BCUT2D eigenvalue weighted by Crippen LogP contribution is 2.33. The minimum Gasteiger partial charge on any atom is -0.454 e. The summed E-state index contributed by atoms with van der Waals surface area (Å²) in [4.78, 5) is 5.49. The molecule has 4 nitrogen and oxygen atoms in total. The molecule has 0 aliphatic carbocycles. The summed E-state index contributed by atoms with van der Waals surface area (Å²) >= 11 is 1.57. The summed E-state index contributed by atoms with van der Waals surface area (Å²) < 4.78 is 10.7. The fraction of sp³-hybridized carbons (Fsp3) is 0.308. The third kappa shape index (κ3) is 2.13. The number of aryl methyl sites for hydroxylation is 3. The number of rotatable bonds is 3. The molecule has 2 heterocycles. The third-order valence-electron chi connectivity index (χ3n) is 2.99. The van der Waals surface area contributed by atoms with Crippen molar-refractivity contribution in [2.45, 2.75) is 19.8 Å².